The Hall–Kier alpha value is -2.28. The van der Waals surface area contributed by atoms with E-state index in [1.807, 2.05) is 13.8 Å². The lowest BCUT2D eigenvalue weighted by Crippen LogP contribution is -2.02. The van der Waals surface area contributed by atoms with Crippen LogP contribution in [0.15, 0.2) is 24.3 Å². The number of nitro benzene ring substituents is 1. The Morgan fingerprint density at radius 1 is 1.36 bits per heavy atom. The van der Waals surface area contributed by atoms with E-state index in [0.717, 1.165) is 5.56 Å². The molecule has 0 saturated carbocycles. The van der Waals surface area contributed by atoms with Gasteiger partial charge in [0.25, 0.3) is 5.69 Å². The van der Waals surface area contributed by atoms with Gasteiger partial charge in [-0.3, -0.25) is 10.1 Å². The predicted octanol–water partition coefficient (Wildman–Crippen LogP) is 3.54. The van der Waals surface area contributed by atoms with Crippen molar-refractivity contribution in [3.8, 4) is 0 Å². The molecule has 0 unspecified atom stereocenters. The molecule has 0 aliphatic heterocycles. The Kier molecular flexibility index (Phi) is 4.87. The van der Waals surface area contributed by atoms with Gasteiger partial charge in [0.15, 0.2) is 0 Å². The molecule has 0 radical (unpaired) electrons. The number of carboxylic acids is 1. The quantitative estimate of drug-likeness (QED) is 0.649. The molecule has 1 aromatic heterocycles. The number of carboxylic acid groups (broad SMARTS) is 1. The summed E-state index contributed by atoms with van der Waals surface area (Å²) >= 11 is 1.17. The highest BCUT2D eigenvalue weighted by molar-refractivity contribution is 7.13. The van der Waals surface area contributed by atoms with Gasteiger partial charge in [0.1, 0.15) is 4.88 Å². The van der Waals surface area contributed by atoms with Crippen LogP contribution >= 0.6 is 11.3 Å². The van der Waals surface area contributed by atoms with Gasteiger partial charge in [-0.15, -0.1) is 11.3 Å². The van der Waals surface area contributed by atoms with Gasteiger partial charge in [-0.1, -0.05) is 26.0 Å². The summed E-state index contributed by atoms with van der Waals surface area (Å²) < 4.78 is 0. The minimum Gasteiger partial charge on any atom is -0.477 e. The first-order valence-electron chi connectivity index (χ1n) is 6.82. The molecule has 0 spiro atoms. The molecular weight excluding hydrogens is 304 g/mol. The van der Waals surface area contributed by atoms with Crippen LogP contribution in [-0.2, 0) is 12.8 Å². The second-order valence-electron chi connectivity index (χ2n) is 5.39. The number of hydrogen-bond donors (Lipinski definition) is 1. The van der Waals surface area contributed by atoms with E-state index in [4.69, 9.17) is 0 Å². The molecule has 2 rings (SSSR count). The molecule has 1 N–H and O–H groups in total. The van der Waals surface area contributed by atoms with Gasteiger partial charge >= 0.3 is 5.97 Å². The fraction of sp³-hybridized carbons (Fsp3) is 0.333. The highest BCUT2D eigenvalue weighted by atomic mass is 32.1. The van der Waals surface area contributed by atoms with Crippen LogP contribution in [0.5, 0.6) is 0 Å². The van der Waals surface area contributed by atoms with Gasteiger partial charge in [0.05, 0.1) is 15.6 Å². The van der Waals surface area contributed by atoms with E-state index in [2.05, 4.69) is 4.98 Å². The molecule has 2 aromatic rings. The third-order valence-electron chi connectivity index (χ3n) is 3.04. The van der Waals surface area contributed by atoms with Crippen LogP contribution in [-0.4, -0.2) is 21.0 Å². The van der Waals surface area contributed by atoms with Gasteiger partial charge in [-0.2, -0.15) is 0 Å². The summed E-state index contributed by atoms with van der Waals surface area (Å²) in [5.41, 5.74) is 1.52. The zero-order valence-electron chi connectivity index (χ0n) is 12.3. The van der Waals surface area contributed by atoms with Crippen molar-refractivity contribution in [2.75, 3.05) is 0 Å². The van der Waals surface area contributed by atoms with Gasteiger partial charge < -0.3 is 5.11 Å². The van der Waals surface area contributed by atoms with Crippen LogP contribution in [0.4, 0.5) is 5.69 Å². The predicted molar refractivity (Wildman–Crippen MR) is 83.5 cm³/mol. The van der Waals surface area contributed by atoms with E-state index in [0.29, 0.717) is 29.5 Å². The van der Waals surface area contributed by atoms with Crippen molar-refractivity contribution >= 4 is 23.0 Å². The number of aromatic carboxylic acids is 1. The maximum atomic E-state index is 11.3. The molecule has 0 saturated heterocycles. The molecule has 0 aliphatic rings. The van der Waals surface area contributed by atoms with Gasteiger partial charge in [0, 0.05) is 18.6 Å². The second-order valence-corrected chi connectivity index (χ2v) is 6.47. The number of thiazole rings is 1. The monoisotopic (exact) mass is 320 g/mol. The van der Waals surface area contributed by atoms with Gasteiger partial charge in [-0.25, -0.2) is 9.78 Å². The van der Waals surface area contributed by atoms with Crippen LogP contribution in [0, 0.1) is 16.0 Å². The zero-order chi connectivity index (χ0) is 16.3. The summed E-state index contributed by atoms with van der Waals surface area (Å²) in [6.07, 6.45) is 1.10. The number of benzene rings is 1. The molecule has 7 heteroatoms. The first-order valence-corrected chi connectivity index (χ1v) is 7.63. The van der Waals surface area contributed by atoms with E-state index in [-0.39, 0.29) is 10.6 Å². The SMILES string of the molecule is CC(C)Cc1nc(Cc2ccc([N+](=O)[O-])cc2)sc1C(=O)O. The van der Waals surface area contributed by atoms with Crippen LogP contribution in [0.25, 0.3) is 0 Å². The van der Waals surface area contributed by atoms with Crippen molar-refractivity contribution in [3.63, 3.8) is 0 Å². The number of carbonyl (C=O) groups is 1. The normalized spacial score (nSPS) is 10.9. The lowest BCUT2D eigenvalue weighted by atomic mass is 10.1. The molecule has 0 atom stereocenters. The molecule has 0 fully saturated rings. The maximum absolute atomic E-state index is 11.3. The standard InChI is InChI=1S/C15H16N2O4S/c1-9(2)7-12-14(15(18)19)22-13(16-12)8-10-3-5-11(6-4-10)17(20)21/h3-6,9H,7-8H2,1-2H3,(H,18,19). The second kappa shape index (κ2) is 6.65. The highest BCUT2D eigenvalue weighted by Crippen LogP contribution is 2.24. The first kappa shape index (κ1) is 16.1. The molecular formula is C15H16N2O4S. The van der Waals surface area contributed by atoms with Crippen LogP contribution < -0.4 is 0 Å². The first-order chi connectivity index (χ1) is 10.4. The summed E-state index contributed by atoms with van der Waals surface area (Å²) in [5, 5.41) is 20.6. The number of aromatic nitrogens is 1. The smallest absolute Gasteiger partial charge is 0.347 e. The van der Waals surface area contributed by atoms with Crippen molar-refractivity contribution in [1.82, 2.24) is 4.98 Å². The molecule has 0 aliphatic carbocycles. The number of hydrogen-bond acceptors (Lipinski definition) is 5. The summed E-state index contributed by atoms with van der Waals surface area (Å²) in [7, 11) is 0. The van der Waals surface area contributed by atoms with Crippen LogP contribution in [0.1, 0.15) is 39.8 Å². The van der Waals surface area contributed by atoms with Crippen molar-refractivity contribution < 1.29 is 14.8 Å². The van der Waals surface area contributed by atoms with E-state index >= 15 is 0 Å². The summed E-state index contributed by atoms with van der Waals surface area (Å²) in [4.78, 5) is 26.2. The Balaban J connectivity index is 2.22. The molecule has 1 heterocycles. The van der Waals surface area contributed by atoms with Crippen molar-refractivity contribution in [1.29, 1.82) is 0 Å². The van der Waals surface area contributed by atoms with E-state index in [1.165, 1.54) is 23.5 Å². The third kappa shape index (κ3) is 3.88. The number of nitro groups is 1. The zero-order valence-corrected chi connectivity index (χ0v) is 13.1. The third-order valence-corrected chi connectivity index (χ3v) is 4.13. The summed E-state index contributed by atoms with van der Waals surface area (Å²) in [6.45, 7) is 4.03. The Morgan fingerprint density at radius 3 is 2.50 bits per heavy atom. The Bertz CT molecular complexity index is 692. The molecule has 1 aromatic carbocycles. The lowest BCUT2D eigenvalue weighted by Gasteiger charge is -2.01. The minimum absolute atomic E-state index is 0.0367. The lowest BCUT2D eigenvalue weighted by molar-refractivity contribution is -0.384. The molecule has 6 nitrogen and oxygen atoms in total. The molecule has 22 heavy (non-hydrogen) atoms. The molecule has 0 bridgehead atoms. The Labute approximate surface area is 131 Å². The Morgan fingerprint density at radius 2 is 2.00 bits per heavy atom. The van der Waals surface area contributed by atoms with Crippen molar-refractivity contribution in [3.05, 3.63) is 55.5 Å². The topological polar surface area (TPSA) is 93.3 Å². The summed E-state index contributed by atoms with van der Waals surface area (Å²) in [5.74, 6) is -0.629. The van der Waals surface area contributed by atoms with E-state index < -0.39 is 10.9 Å². The minimum atomic E-state index is -0.955. The number of nitrogens with zero attached hydrogens (tertiary/aromatic N) is 2. The highest BCUT2D eigenvalue weighted by Gasteiger charge is 2.18. The largest absolute Gasteiger partial charge is 0.477 e. The average molecular weight is 320 g/mol. The van der Waals surface area contributed by atoms with Crippen molar-refractivity contribution in [2.24, 2.45) is 5.92 Å². The van der Waals surface area contributed by atoms with E-state index in [9.17, 15) is 20.0 Å². The van der Waals surface area contributed by atoms with Crippen LogP contribution in [0.3, 0.4) is 0 Å². The fourth-order valence-electron chi connectivity index (χ4n) is 2.08. The summed E-state index contributed by atoms with van der Waals surface area (Å²) in [6, 6.07) is 6.22. The molecule has 0 amide bonds. The van der Waals surface area contributed by atoms with Gasteiger partial charge in [-0.05, 0) is 17.9 Å². The van der Waals surface area contributed by atoms with E-state index in [1.54, 1.807) is 12.1 Å². The van der Waals surface area contributed by atoms with Gasteiger partial charge in [0.2, 0.25) is 0 Å². The number of rotatable bonds is 6. The fourth-order valence-corrected chi connectivity index (χ4v) is 3.04. The molecule has 116 valence electrons. The van der Waals surface area contributed by atoms with Crippen molar-refractivity contribution in [2.45, 2.75) is 26.7 Å². The average Bonchev–Trinajstić information content (AvgIpc) is 2.81. The number of non-ortho nitro benzene ring substituents is 1. The maximum Gasteiger partial charge on any atom is 0.347 e. The van der Waals surface area contributed by atoms with Crippen LogP contribution in [0.2, 0.25) is 0 Å².